The number of hydrogen-bond donors (Lipinski definition) is 1. The van der Waals surface area contributed by atoms with Crippen LogP contribution in [0.15, 0.2) is 108 Å². The molecule has 0 bridgehead atoms. The lowest BCUT2D eigenvalue weighted by Gasteiger charge is -2.12. The van der Waals surface area contributed by atoms with E-state index in [0.29, 0.717) is 6.33 Å². The predicted octanol–water partition coefficient (Wildman–Crippen LogP) is 6.25. The lowest BCUT2D eigenvalue weighted by atomic mass is 10.1. The van der Waals surface area contributed by atoms with Gasteiger partial charge in [0, 0.05) is 18.8 Å². The largest absolute Gasteiger partial charge is 0.310 e. The molecule has 2 aromatic carbocycles. The zero-order valence-corrected chi connectivity index (χ0v) is 17.5. The number of nitrogens with zero attached hydrogens (tertiary/aromatic N) is 1. The highest BCUT2D eigenvalue weighted by Gasteiger charge is 2.03. The fraction of sp³-hybridized carbons (Fsp3) is 0.231. The van der Waals surface area contributed by atoms with E-state index in [1.54, 1.807) is 30.4 Å². The summed E-state index contributed by atoms with van der Waals surface area (Å²) in [7, 11) is 0. The molecule has 3 rings (SSSR count). The van der Waals surface area contributed by atoms with Crippen molar-refractivity contribution in [3.05, 3.63) is 114 Å². The topological polar surface area (TPSA) is 24.4 Å². The summed E-state index contributed by atoms with van der Waals surface area (Å²) in [6.07, 6.45) is 11.3. The second-order valence-corrected chi connectivity index (χ2v) is 6.26. The molecule has 1 N–H and O–H groups in total. The van der Waals surface area contributed by atoms with Crippen molar-refractivity contribution < 1.29 is 8.78 Å². The van der Waals surface area contributed by atoms with E-state index in [-0.39, 0.29) is 5.82 Å². The third-order valence-electron chi connectivity index (χ3n) is 3.90. The van der Waals surface area contributed by atoms with E-state index in [4.69, 9.17) is 0 Å². The Kier molecular flexibility index (Phi) is 15.0. The first-order chi connectivity index (χ1) is 14.8. The van der Waals surface area contributed by atoms with Crippen LogP contribution < -0.4 is 5.32 Å². The summed E-state index contributed by atoms with van der Waals surface area (Å²) in [5, 5.41) is 3.34. The van der Waals surface area contributed by atoms with E-state index in [2.05, 4.69) is 46.4 Å². The molecule has 1 aliphatic heterocycles. The minimum Gasteiger partial charge on any atom is -0.310 e. The Bertz CT molecular complexity index is 819. The van der Waals surface area contributed by atoms with Gasteiger partial charge in [-0.3, -0.25) is 4.99 Å². The van der Waals surface area contributed by atoms with Gasteiger partial charge < -0.3 is 5.32 Å². The highest BCUT2D eigenvalue weighted by Crippen LogP contribution is 2.04. The van der Waals surface area contributed by atoms with Crippen LogP contribution in [0.5, 0.6) is 0 Å². The maximum absolute atomic E-state index is 11.9. The van der Waals surface area contributed by atoms with Gasteiger partial charge in [-0.25, -0.2) is 8.78 Å². The smallest absolute Gasteiger partial charge is 0.129 e. The zero-order valence-electron chi connectivity index (χ0n) is 17.5. The number of aliphatic imine (C=N–C) groups is 1. The first kappa shape index (κ1) is 25.0. The van der Waals surface area contributed by atoms with Gasteiger partial charge >= 0.3 is 0 Å². The molecule has 0 atom stereocenters. The number of hydrogen-bond acceptors (Lipinski definition) is 2. The molecule has 0 aliphatic carbocycles. The van der Waals surface area contributed by atoms with Crippen molar-refractivity contribution in [1.29, 1.82) is 0 Å². The van der Waals surface area contributed by atoms with Gasteiger partial charge in [0.15, 0.2) is 0 Å². The quantitative estimate of drug-likeness (QED) is 0.459. The molecule has 30 heavy (non-hydrogen) atoms. The Labute approximate surface area is 179 Å². The van der Waals surface area contributed by atoms with Crippen molar-refractivity contribution >= 4 is 5.71 Å². The average molecular weight is 409 g/mol. The predicted molar refractivity (Wildman–Crippen MR) is 124 cm³/mol. The second kappa shape index (κ2) is 18.0. The molecule has 4 heteroatoms. The fourth-order valence-electron chi connectivity index (χ4n) is 2.42. The summed E-state index contributed by atoms with van der Waals surface area (Å²) in [6, 6.07) is 18.5. The number of rotatable bonds is 5. The van der Waals surface area contributed by atoms with Crippen LogP contribution in [0, 0.1) is 5.82 Å². The SMILES string of the molecule is C/C=C\C=C/C=C=CF.Fc1ccccc1.c1ccc(CCC2=NCCNC2)cc1. The summed E-state index contributed by atoms with van der Waals surface area (Å²) in [6.45, 7) is 4.88. The van der Waals surface area contributed by atoms with E-state index in [9.17, 15) is 8.78 Å². The number of nitrogens with one attached hydrogen (secondary N) is 1. The molecular formula is C26H30F2N2. The average Bonchev–Trinajstić information content (AvgIpc) is 2.80. The van der Waals surface area contributed by atoms with E-state index < -0.39 is 0 Å². The second-order valence-electron chi connectivity index (χ2n) is 6.26. The van der Waals surface area contributed by atoms with Gasteiger partial charge in [-0.05, 0) is 43.5 Å². The molecule has 0 aromatic heterocycles. The Morgan fingerprint density at radius 2 is 1.67 bits per heavy atom. The first-order valence-corrected chi connectivity index (χ1v) is 10.0. The molecule has 0 saturated heterocycles. The molecule has 2 nitrogen and oxygen atoms in total. The summed E-state index contributed by atoms with van der Waals surface area (Å²) < 4.78 is 23.1. The van der Waals surface area contributed by atoms with Crippen LogP contribution in [0.25, 0.3) is 0 Å². The van der Waals surface area contributed by atoms with Gasteiger partial charge in [-0.1, -0.05) is 78.6 Å². The maximum atomic E-state index is 11.9. The van der Waals surface area contributed by atoms with Crippen LogP contribution in [-0.4, -0.2) is 25.3 Å². The Morgan fingerprint density at radius 1 is 0.967 bits per heavy atom. The third kappa shape index (κ3) is 14.0. The van der Waals surface area contributed by atoms with E-state index in [1.165, 1.54) is 29.5 Å². The summed E-state index contributed by atoms with van der Waals surface area (Å²) in [5.41, 5.74) is 4.99. The Balaban J connectivity index is 0.000000243. The van der Waals surface area contributed by atoms with Crippen molar-refractivity contribution in [3.8, 4) is 0 Å². The third-order valence-corrected chi connectivity index (χ3v) is 3.90. The molecule has 0 saturated carbocycles. The molecule has 1 aliphatic rings. The lowest BCUT2D eigenvalue weighted by Crippen LogP contribution is -2.30. The maximum Gasteiger partial charge on any atom is 0.129 e. The highest BCUT2D eigenvalue weighted by atomic mass is 19.1. The minimum atomic E-state index is -0.178. The van der Waals surface area contributed by atoms with Gasteiger partial charge in [0.1, 0.15) is 12.1 Å². The van der Waals surface area contributed by atoms with Crippen LogP contribution in [0.1, 0.15) is 18.9 Å². The van der Waals surface area contributed by atoms with Crippen LogP contribution in [0.4, 0.5) is 8.78 Å². The summed E-state index contributed by atoms with van der Waals surface area (Å²) in [4.78, 5) is 4.50. The molecule has 0 amide bonds. The van der Waals surface area contributed by atoms with E-state index >= 15 is 0 Å². The molecule has 158 valence electrons. The number of halogens is 2. The van der Waals surface area contributed by atoms with E-state index in [1.807, 2.05) is 19.1 Å². The number of benzene rings is 2. The summed E-state index contributed by atoms with van der Waals surface area (Å²) >= 11 is 0. The van der Waals surface area contributed by atoms with Crippen molar-refractivity contribution in [1.82, 2.24) is 5.32 Å². The van der Waals surface area contributed by atoms with Crippen molar-refractivity contribution in [2.75, 3.05) is 19.6 Å². The van der Waals surface area contributed by atoms with Crippen LogP contribution in [0.3, 0.4) is 0 Å². The van der Waals surface area contributed by atoms with Crippen molar-refractivity contribution in [2.45, 2.75) is 19.8 Å². The standard InChI is InChI=1S/C12H16N2.C8H9F.C6H5F/c1-2-4-11(5-3-1)6-7-12-10-13-8-9-14-12;1-2-3-4-5-6-7-8-9;7-6-4-2-1-3-5-6/h1-5,13H,6-10H2;2-6,8H,1H3;1-5H/b;3-2-,5-4-;. The lowest BCUT2D eigenvalue weighted by molar-refractivity contribution is 0.628. The van der Waals surface area contributed by atoms with Gasteiger partial charge in [0.25, 0.3) is 0 Å². The zero-order chi connectivity index (χ0) is 21.7. The van der Waals surface area contributed by atoms with Gasteiger partial charge in [-0.2, -0.15) is 0 Å². The molecule has 1 heterocycles. The highest BCUT2D eigenvalue weighted by molar-refractivity contribution is 5.87. The first-order valence-electron chi connectivity index (χ1n) is 10.0. The molecular weight excluding hydrogens is 378 g/mol. The molecule has 0 radical (unpaired) electrons. The Morgan fingerprint density at radius 3 is 2.20 bits per heavy atom. The minimum absolute atomic E-state index is 0.178. The summed E-state index contributed by atoms with van der Waals surface area (Å²) in [5.74, 6) is -0.178. The van der Waals surface area contributed by atoms with Crippen molar-refractivity contribution in [2.24, 2.45) is 4.99 Å². The van der Waals surface area contributed by atoms with E-state index in [0.717, 1.165) is 32.5 Å². The molecule has 0 spiro atoms. The molecule has 2 aromatic rings. The molecule has 0 unspecified atom stereocenters. The Hall–Kier alpha value is -3.07. The molecule has 0 fully saturated rings. The van der Waals surface area contributed by atoms with Crippen LogP contribution >= 0.6 is 0 Å². The van der Waals surface area contributed by atoms with Gasteiger partial charge in [-0.15, -0.1) is 0 Å². The van der Waals surface area contributed by atoms with Crippen LogP contribution in [0.2, 0.25) is 0 Å². The monoisotopic (exact) mass is 408 g/mol. The normalized spacial score (nSPS) is 12.7. The fourth-order valence-corrected chi connectivity index (χ4v) is 2.42. The van der Waals surface area contributed by atoms with Gasteiger partial charge in [0.2, 0.25) is 0 Å². The van der Waals surface area contributed by atoms with Crippen molar-refractivity contribution in [3.63, 3.8) is 0 Å². The van der Waals surface area contributed by atoms with Gasteiger partial charge in [0.05, 0.1) is 6.54 Å². The van der Waals surface area contributed by atoms with Crippen LogP contribution in [-0.2, 0) is 6.42 Å². The number of aryl methyl sites for hydroxylation is 1. The number of allylic oxidation sites excluding steroid dienone is 5.